The van der Waals surface area contributed by atoms with Crippen LogP contribution in [-0.4, -0.2) is 27.9 Å². The number of aliphatic hydroxyl groups is 1. The third kappa shape index (κ3) is 2.32. The van der Waals surface area contributed by atoms with Gasteiger partial charge in [0.15, 0.2) is 6.10 Å². The first-order valence-corrected chi connectivity index (χ1v) is 5.94. The van der Waals surface area contributed by atoms with Crippen LogP contribution in [0.5, 0.6) is 17.2 Å². The lowest BCUT2D eigenvalue weighted by molar-refractivity contribution is -0.0105. The summed E-state index contributed by atoms with van der Waals surface area (Å²) in [5.41, 5.74) is 0.609. The van der Waals surface area contributed by atoms with Gasteiger partial charge in [-0.15, -0.1) is 0 Å². The molecule has 2 N–H and O–H groups in total. The van der Waals surface area contributed by atoms with Crippen LogP contribution in [0.3, 0.4) is 0 Å². The van der Waals surface area contributed by atoms with Gasteiger partial charge in [0.1, 0.15) is 30.0 Å². The van der Waals surface area contributed by atoms with Crippen molar-refractivity contribution in [1.82, 2.24) is 4.98 Å². The second-order valence-corrected chi connectivity index (χ2v) is 4.32. The Morgan fingerprint density at radius 1 is 1.32 bits per heavy atom. The average molecular weight is 259 g/mol. The predicted octanol–water partition coefficient (Wildman–Crippen LogP) is 1.66. The van der Waals surface area contributed by atoms with Crippen LogP contribution in [0.2, 0.25) is 0 Å². The molecule has 1 aromatic carbocycles. The Morgan fingerprint density at radius 3 is 3.00 bits per heavy atom. The Kier molecular flexibility index (Phi) is 2.97. The van der Waals surface area contributed by atoms with Gasteiger partial charge in [-0.2, -0.15) is 0 Å². The van der Waals surface area contributed by atoms with E-state index in [4.69, 9.17) is 9.47 Å². The summed E-state index contributed by atoms with van der Waals surface area (Å²) in [5.74, 6) is 1.17. The lowest BCUT2D eigenvalue weighted by atomic mass is 10.0. The van der Waals surface area contributed by atoms with Crippen molar-refractivity contribution in [2.45, 2.75) is 12.2 Å². The van der Waals surface area contributed by atoms with Gasteiger partial charge >= 0.3 is 0 Å². The maximum absolute atomic E-state index is 10.3. The minimum Gasteiger partial charge on any atom is -0.508 e. The molecule has 0 amide bonds. The number of aromatic nitrogens is 1. The van der Waals surface area contributed by atoms with Crippen LogP contribution in [0.15, 0.2) is 42.7 Å². The van der Waals surface area contributed by atoms with E-state index in [1.807, 2.05) is 0 Å². The molecule has 5 nitrogen and oxygen atoms in total. The number of phenols is 1. The molecule has 1 aromatic heterocycles. The first-order chi connectivity index (χ1) is 9.24. The Bertz CT molecular complexity index is 573. The molecule has 0 saturated carbocycles. The van der Waals surface area contributed by atoms with E-state index in [1.165, 1.54) is 12.1 Å². The Labute approximate surface area is 110 Å². The molecule has 1 aliphatic heterocycles. The summed E-state index contributed by atoms with van der Waals surface area (Å²) >= 11 is 0. The number of benzene rings is 1. The highest BCUT2D eigenvalue weighted by Gasteiger charge is 2.31. The number of phenolic OH excluding ortho intramolecular Hbond substituents is 1. The highest BCUT2D eigenvalue weighted by molar-refractivity contribution is 5.43. The molecule has 1 aliphatic rings. The van der Waals surface area contributed by atoms with E-state index in [0.717, 1.165) is 0 Å². The van der Waals surface area contributed by atoms with E-state index in [0.29, 0.717) is 17.1 Å². The Hall–Kier alpha value is -2.27. The maximum Gasteiger partial charge on any atom is 0.163 e. The molecule has 0 fully saturated rings. The SMILES string of the molecule is Oc1ccc2c(c1)OC[C@@H](Oc1cccnc1)[C@H]2O. The van der Waals surface area contributed by atoms with Crippen LogP contribution in [-0.2, 0) is 0 Å². The first kappa shape index (κ1) is 11.8. The second-order valence-electron chi connectivity index (χ2n) is 4.32. The summed E-state index contributed by atoms with van der Waals surface area (Å²) in [7, 11) is 0. The fraction of sp³-hybridized carbons (Fsp3) is 0.214. The predicted molar refractivity (Wildman–Crippen MR) is 67.2 cm³/mol. The van der Waals surface area contributed by atoms with Crippen molar-refractivity contribution in [1.29, 1.82) is 0 Å². The number of fused-ring (bicyclic) bond motifs is 1. The van der Waals surface area contributed by atoms with Crippen LogP contribution in [0.1, 0.15) is 11.7 Å². The molecule has 0 aliphatic carbocycles. The molecule has 2 aromatic rings. The minimum absolute atomic E-state index is 0.109. The third-order valence-corrected chi connectivity index (χ3v) is 2.99. The lowest BCUT2D eigenvalue weighted by Crippen LogP contribution is -2.35. The molecular weight excluding hydrogens is 246 g/mol. The number of aromatic hydroxyl groups is 1. The van der Waals surface area contributed by atoms with Crippen molar-refractivity contribution in [3.8, 4) is 17.2 Å². The normalized spacial score (nSPS) is 21.3. The summed E-state index contributed by atoms with van der Waals surface area (Å²) in [6.07, 6.45) is 1.93. The summed E-state index contributed by atoms with van der Waals surface area (Å²) in [4.78, 5) is 3.95. The number of rotatable bonds is 2. The summed E-state index contributed by atoms with van der Waals surface area (Å²) in [6, 6.07) is 8.16. The van der Waals surface area contributed by atoms with Crippen molar-refractivity contribution < 1.29 is 19.7 Å². The molecule has 0 bridgehead atoms. The molecular formula is C14H13NO4. The highest BCUT2D eigenvalue weighted by Crippen LogP contribution is 2.35. The number of hydrogen-bond acceptors (Lipinski definition) is 5. The highest BCUT2D eigenvalue weighted by atomic mass is 16.5. The van der Waals surface area contributed by atoms with Gasteiger partial charge in [-0.1, -0.05) is 0 Å². The van der Waals surface area contributed by atoms with Gasteiger partial charge in [-0.05, 0) is 24.3 Å². The first-order valence-electron chi connectivity index (χ1n) is 5.94. The number of hydrogen-bond donors (Lipinski definition) is 2. The van der Waals surface area contributed by atoms with Crippen molar-refractivity contribution in [3.05, 3.63) is 48.3 Å². The van der Waals surface area contributed by atoms with Gasteiger partial charge < -0.3 is 19.7 Å². The zero-order valence-electron chi connectivity index (χ0n) is 10.1. The van der Waals surface area contributed by atoms with E-state index >= 15 is 0 Å². The number of nitrogens with zero attached hydrogens (tertiary/aromatic N) is 1. The van der Waals surface area contributed by atoms with Gasteiger partial charge in [-0.3, -0.25) is 4.98 Å². The van der Waals surface area contributed by atoms with Crippen LogP contribution >= 0.6 is 0 Å². The van der Waals surface area contributed by atoms with Crippen molar-refractivity contribution in [2.24, 2.45) is 0 Å². The molecule has 2 atom stereocenters. The largest absolute Gasteiger partial charge is 0.508 e. The quantitative estimate of drug-likeness (QED) is 0.858. The van der Waals surface area contributed by atoms with Gasteiger partial charge in [0.2, 0.25) is 0 Å². The Morgan fingerprint density at radius 2 is 2.21 bits per heavy atom. The molecule has 0 unspecified atom stereocenters. The van der Waals surface area contributed by atoms with Crippen molar-refractivity contribution in [3.63, 3.8) is 0 Å². The molecule has 98 valence electrons. The van der Waals surface area contributed by atoms with Gasteiger partial charge in [0.05, 0.1) is 6.20 Å². The second kappa shape index (κ2) is 4.78. The summed E-state index contributed by atoms with van der Waals surface area (Å²) < 4.78 is 11.1. The van der Waals surface area contributed by atoms with Crippen LogP contribution in [0, 0.1) is 0 Å². The molecule has 0 radical (unpaired) electrons. The molecule has 2 heterocycles. The Balaban J connectivity index is 1.82. The zero-order valence-corrected chi connectivity index (χ0v) is 10.1. The topological polar surface area (TPSA) is 71.8 Å². The zero-order chi connectivity index (χ0) is 13.2. The molecule has 3 rings (SSSR count). The van der Waals surface area contributed by atoms with E-state index in [2.05, 4.69) is 4.98 Å². The van der Waals surface area contributed by atoms with Gasteiger partial charge in [0.25, 0.3) is 0 Å². The van der Waals surface area contributed by atoms with E-state index in [1.54, 1.807) is 30.6 Å². The number of aliphatic hydroxyl groups excluding tert-OH is 1. The van der Waals surface area contributed by atoms with Crippen LogP contribution < -0.4 is 9.47 Å². The smallest absolute Gasteiger partial charge is 0.163 e. The van der Waals surface area contributed by atoms with Gasteiger partial charge in [-0.25, -0.2) is 0 Å². The molecule has 19 heavy (non-hydrogen) atoms. The van der Waals surface area contributed by atoms with Crippen LogP contribution in [0.25, 0.3) is 0 Å². The van der Waals surface area contributed by atoms with Crippen molar-refractivity contribution in [2.75, 3.05) is 6.61 Å². The van der Waals surface area contributed by atoms with E-state index in [-0.39, 0.29) is 12.4 Å². The number of pyridine rings is 1. The summed E-state index contributed by atoms with van der Waals surface area (Å²) in [5, 5.41) is 19.6. The van der Waals surface area contributed by atoms with Crippen LogP contribution in [0.4, 0.5) is 0 Å². The average Bonchev–Trinajstić information content (AvgIpc) is 2.43. The lowest BCUT2D eigenvalue weighted by Gasteiger charge is -2.30. The third-order valence-electron chi connectivity index (χ3n) is 2.99. The van der Waals surface area contributed by atoms with E-state index in [9.17, 15) is 10.2 Å². The monoisotopic (exact) mass is 259 g/mol. The van der Waals surface area contributed by atoms with E-state index < -0.39 is 12.2 Å². The maximum atomic E-state index is 10.3. The number of ether oxygens (including phenoxy) is 2. The minimum atomic E-state index is -0.801. The fourth-order valence-electron chi connectivity index (χ4n) is 2.05. The molecule has 0 spiro atoms. The molecule has 0 saturated heterocycles. The molecule has 5 heteroatoms. The standard InChI is InChI=1S/C14H13NO4/c16-9-3-4-11-12(6-9)18-8-13(14(11)17)19-10-2-1-5-15-7-10/h1-7,13-14,16-17H,8H2/t13-,14+/m1/s1. The van der Waals surface area contributed by atoms with Gasteiger partial charge in [0, 0.05) is 17.8 Å². The summed E-state index contributed by atoms with van der Waals surface area (Å²) in [6.45, 7) is 0.215. The van der Waals surface area contributed by atoms with Crippen molar-refractivity contribution >= 4 is 0 Å². The fourth-order valence-corrected chi connectivity index (χ4v) is 2.05.